The molecule has 0 spiro atoms. The summed E-state index contributed by atoms with van der Waals surface area (Å²) >= 11 is 1.90. The first-order valence-electron chi connectivity index (χ1n) is 4.05. The Bertz CT molecular complexity index is 141. The number of hydrogen-bond acceptors (Lipinski definition) is 3. The Morgan fingerprint density at radius 1 is 1.17 bits per heavy atom. The van der Waals surface area contributed by atoms with Crippen LogP contribution in [0.3, 0.4) is 0 Å². The third kappa shape index (κ3) is 7.19. The molecule has 0 N–H and O–H groups in total. The van der Waals surface area contributed by atoms with Crippen molar-refractivity contribution in [3.63, 3.8) is 0 Å². The Kier molecular flexibility index (Phi) is 10.0. The zero-order valence-electron chi connectivity index (χ0n) is 7.82. The normalized spacial score (nSPS) is 14.6. The smallest absolute Gasteiger partial charge is 0.0647 e. The summed E-state index contributed by atoms with van der Waals surface area (Å²) in [6.45, 7) is 6.33. The zero-order valence-corrected chi connectivity index (χ0v) is 10.3. The Labute approximate surface area is 88.0 Å². The van der Waals surface area contributed by atoms with Gasteiger partial charge in [-0.25, -0.2) is 0 Å². The molecule has 12 heavy (non-hydrogen) atoms. The van der Waals surface area contributed by atoms with Crippen molar-refractivity contribution in [2.24, 2.45) is 0 Å². The Balaban J connectivity index is 3.52. The van der Waals surface area contributed by atoms with Gasteiger partial charge in [-0.3, -0.25) is 0 Å². The fourth-order valence-corrected chi connectivity index (χ4v) is 3.96. The lowest BCUT2D eigenvalue weighted by Gasteiger charge is -2.08. The largest absolute Gasteiger partial charge is 0.119 e. The first-order chi connectivity index (χ1) is 5.85. The van der Waals surface area contributed by atoms with E-state index in [0.717, 1.165) is 0 Å². The van der Waals surface area contributed by atoms with E-state index < -0.39 is 0 Å². The van der Waals surface area contributed by atoms with Crippen LogP contribution >= 0.6 is 33.3 Å². The van der Waals surface area contributed by atoms with Crippen LogP contribution in [0.25, 0.3) is 0 Å². The molecule has 0 fully saturated rings. The number of hydrogen-bond donors (Lipinski definition) is 0. The molecule has 0 bridgehead atoms. The summed E-state index contributed by atoms with van der Waals surface area (Å²) in [6, 6.07) is 0. The van der Waals surface area contributed by atoms with Gasteiger partial charge in [0.1, 0.15) is 0 Å². The third-order valence-corrected chi connectivity index (χ3v) is 5.51. The maximum absolute atomic E-state index is 2.23. The van der Waals surface area contributed by atoms with Gasteiger partial charge in [-0.05, 0) is 31.1 Å². The van der Waals surface area contributed by atoms with Crippen LogP contribution < -0.4 is 0 Å². The number of thioether (sulfide) groups is 1. The molecule has 0 saturated carbocycles. The van der Waals surface area contributed by atoms with Crippen LogP contribution in [0.1, 0.15) is 27.2 Å². The van der Waals surface area contributed by atoms with E-state index in [1.54, 1.807) is 0 Å². The second-order valence-electron chi connectivity index (χ2n) is 2.11. The molecule has 0 aliphatic heterocycles. The molecule has 0 aliphatic rings. The van der Waals surface area contributed by atoms with E-state index in [4.69, 9.17) is 0 Å². The summed E-state index contributed by atoms with van der Waals surface area (Å²) < 4.78 is 0.683. The lowest BCUT2D eigenvalue weighted by atomic mass is 10.6. The molecule has 1 atom stereocenters. The molecule has 0 nitrogen and oxygen atoms in total. The van der Waals surface area contributed by atoms with E-state index in [1.165, 1.54) is 6.42 Å². The minimum Gasteiger partial charge on any atom is -0.119 e. The van der Waals surface area contributed by atoms with Crippen molar-refractivity contribution in [3.05, 3.63) is 23.0 Å². The molecule has 0 radical (unpaired) electrons. The minimum absolute atomic E-state index is 0.683. The highest BCUT2D eigenvalue weighted by molar-refractivity contribution is 8.79. The standard InChI is InChI=1S/C9H16S3/c1-4-7-10-9(6-3)12-11-8-5-2/h4-5,7-9H,6H2,1-3H3/b7-4-,8-5+. The molecule has 0 rings (SSSR count). The topological polar surface area (TPSA) is 0 Å². The molecule has 0 heterocycles. The zero-order chi connectivity index (χ0) is 9.23. The van der Waals surface area contributed by atoms with Crippen molar-refractivity contribution in [1.29, 1.82) is 0 Å². The van der Waals surface area contributed by atoms with Crippen molar-refractivity contribution in [2.45, 2.75) is 31.8 Å². The van der Waals surface area contributed by atoms with Crippen LogP contribution in [0.5, 0.6) is 0 Å². The SMILES string of the molecule is C/C=C\SC(CC)SS/C=C/C. The van der Waals surface area contributed by atoms with Crippen LogP contribution in [0.15, 0.2) is 23.0 Å². The average Bonchev–Trinajstić information content (AvgIpc) is 2.11. The van der Waals surface area contributed by atoms with E-state index in [2.05, 4.69) is 36.8 Å². The molecule has 0 amide bonds. The molecular weight excluding hydrogens is 204 g/mol. The van der Waals surface area contributed by atoms with Gasteiger partial charge in [-0.2, -0.15) is 0 Å². The molecule has 1 unspecified atom stereocenters. The minimum atomic E-state index is 0.683. The van der Waals surface area contributed by atoms with Crippen LogP contribution in [0, 0.1) is 0 Å². The molecule has 0 aromatic carbocycles. The molecule has 0 aromatic rings. The highest BCUT2D eigenvalue weighted by atomic mass is 33.1. The Morgan fingerprint density at radius 3 is 2.33 bits per heavy atom. The number of allylic oxidation sites excluding steroid dienone is 2. The lowest BCUT2D eigenvalue weighted by Crippen LogP contribution is -1.87. The van der Waals surface area contributed by atoms with Crippen LogP contribution in [-0.4, -0.2) is 4.58 Å². The summed E-state index contributed by atoms with van der Waals surface area (Å²) in [5.41, 5.74) is 0. The highest BCUT2D eigenvalue weighted by Crippen LogP contribution is 2.36. The predicted octanol–water partition coefficient (Wildman–Crippen LogP) is 4.90. The summed E-state index contributed by atoms with van der Waals surface area (Å²) in [7, 11) is 3.75. The fourth-order valence-electron chi connectivity index (χ4n) is 0.503. The van der Waals surface area contributed by atoms with E-state index >= 15 is 0 Å². The van der Waals surface area contributed by atoms with Gasteiger partial charge in [0.25, 0.3) is 0 Å². The van der Waals surface area contributed by atoms with Crippen LogP contribution in [0.4, 0.5) is 0 Å². The lowest BCUT2D eigenvalue weighted by molar-refractivity contribution is 1.06. The van der Waals surface area contributed by atoms with E-state index in [1.807, 2.05) is 40.3 Å². The summed E-state index contributed by atoms with van der Waals surface area (Å²) in [4.78, 5) is 0. The second-order valence-corrected chi connectivity index (χ2v) is 5.90. The van der Waals surface area contributed by atoms with Crippen molar-refractivity contribution in [2.75, 3.05) is 0 Å². The average molecular weight is 220 g/mol. The summed E-state index contributed by atoms with van der Waals surface area (Å²) in [5, 5.41) is 4.29. The Hall–Kier alpha value is 0.530. The molecule has 0 aliphatic carbocycles. The highest BCUT2D eigenvalue weighted by Gasteiger charge is 2.03. The van der Waals surface area contributed by atoms with Gasteiger partial charge in [0.15, 0.2) is 0 Å². The van der Waals surface area contributed by atoms with Gasteiger partial charge < -0.3 is 0 Å². The van der Waals surface area contributed by atoms with Gasteiger partial charge in [0.05, 0.1) is 4.58 Å². The van der Waals surface area contributed by atoms with Gasteiger partial charge >= 0.3 is 0 Å². The molecule has 3 heteroatoms. The molecular formula is C9H16S3. The maximum Gasteiger partial charge on any atom is 0.0647 e. The van der Waals surface area contributed by atoms with E-state index in [9.17, 15) is 0 Å². The molecule has 70 valence electrons. The van der Waals surface area contributed by atoms with E-state index in [-0.39, 0.29) is 0 Å². The second kappa shape index (κ2) is 9.62. The van der Waals surface area contributed by atoms with E-state index in [0.29, 0.717) is 4.58 Å². The van der Waals surface area contributed by atoms with Crippen molar-refractivity contribution in [3.8, 4) is 0 Å². The Morgan fingerprint density at radius 2 is 1.83 bits per heavy atom. The summed E-state index contributed by atoms with van der Waals surface area (Å²) in [6.07, 6.45) is 5.38. The third-order valence-electron chi connectivity index (χ3n) is 1.05. The van der Waals surface area contributed by atoms with Crippen LogP contribution in [-0.2, 0) is 0 Å². The predicted molar refractivity (Wildman–Crippen MR) is 66.5 cm³/mol. The number of rotatable bonds is 6. The molecule has 0 saturated heterocycles. The molecule has 0 aromatic heterocycles. The first-order valence-corrected chi connectivity index (χ1v) is 7.27. The maximum atomic E-state index is 2.23. The van der Waals surface area contributed by atoms with Gasteiger partial charge in [0.2, 0.25) is 0 Å². The fraction of sp³-hybridized carbons (Fsp3) is 0.556. The van der Waals surface area contributed by atoms with Crippen molar-refractivity contribution in [1.82, 2.24) is 0 Å². The van der Waals surface area contributed by atoms with Gasteiger partial charge in [-0.1, -0.05) is 40.7 Å². The monoisotopic (exact) mass is 220 g/mol. The van der Waals surface area contributed by atoms with Crippen molar-refractivity contribution < 1.29 is 0 Å². The quantitative estimate of drug-likeness (QED) is 0.461. The first kappa shape index (κ1) is 12.5. The summed E-state index contributed by atoms with van der Waals surface area (Å²) in [5.74, 6) is 0. The van der Waals surface area contributed by atoms with Gasteiger partial charge in [0, 0.05) is 0 Å². The van der Waals surface area contributed by atoms with Crippen molar-refractivity contribution >= 4 is 33.3 Å². The van der Waals surface area contributed by atoms with Gasteiger partial charge in [-0.15, -0.1) is 11.8 Å². The van der Waals surface area contributed by atoms with Crippen LogP contribution in [0.2, 0.25) is 0 Å².